The van der Waals surface area contributed by atoms with Crippen LogP contribution in [0, 0.1) is 10.1 Å². The van der Waals surface area contributed by atoms with Crippen molar-refractivity contribution in [3.05, 3.63) is 94.5 Å². The van der Waals surface area contributed by atoms with E-state index in [4.69, 9.17) is 4.74 Å². The standard InChI is InChI=1S/C22H19N3O5/c1-15(30-20-13-6-5-12-19(20)25(28)29)21(26)24-18-11-7-8-16(14-18)22(27)23-17-9-3-2-4-10-17/h2-15H,1H3,(H,23,27)(H,24,26). The van der Waals surface area contributed by atoms with Gasteiger partial charge in [-0.3, -0.25) is 19.7 Å². The second-order valence-corrected chi connectivity index (χ2v) is 6.38. The SMILES string of the molecule is CC(Oc1ccccc1[N+](=O)[O-])C(=O)Nc1cccc(C(=O)Nc2ccccc2)c1. The van der Waals surface area contributed by atoms with E-state index in [2.05, 4.69) is 10.6 Å². The number of benzene rings is 3. The predicted molar refractivity (Wildman–Crippen MR) is 113 cm³/mol. The maximum Gasteiger partial charge on any atom is 0.310 e. The van der Waals surface area contributed by atoms with E-state index >= 15 is 0 Å². The molecule has 152 valence electrons. The van der Waals surface area contributed by atoms with E-state index in [0.717, 1.165) is 0 Å². The Morgan fingerprint density at radius 2 is 1.57 bits per heavy atom. The van der Waals surface area contributed by atoms with Gasteiger partial charge in [-0.1, -0.05) is 36.4 Å². The van der Waals surface area contributed by atoms with E-state index in [-0.39, 0.29) is 17.3 Å². The summed E-state index contributed by atoms with van der Waals surface area (Å²) in [6, 6.07) is 21.3. The first-order chi connectivity index (χ1) is 14.4. The minimum atomic E-state index is -0.993. The van der Waals surface area contributed by atoms with Gasteiger partial charge in [0, 0.05) is 23.0 Å². The summed E-state index contributed by atoms with van der Waals surface area (Å²) < 4.78 is 5.46. The molecule has 0 saturated heterocycles. The Labute approximate surface area is 172 Å². The second-order valence-electron chi connectivity index (χ2n) is 6.38. The van der Waals surface area contributed by atoms with Crippen LogP contribution in [-0.2, 0) is 4.79 Å². The van der Waals surface area contributed by atoms with Crippen LogP contribution in [0.5, 0.6) is 5.75 Å². The van der Waals surface area contributed by atoms with Crippen molar-refractivity contribution in [1.29, 1.82) is 0 Å². The molecule has 1 atom stereocenters. The summed E-state index contributed by atoms with van der Waals surface area (Å²) in [6.07, 6.45) is -0.993. The molecule has 30 heavy (non-hydrogen) atoms. The summed E-state index contributed by atoms with van der Waals surface area (Å²) in [7, 11) is 0. The van der Waals surface area contributed by atoms with E-state index in [9.17, 15) is 19.7 Å². The molecule has 0 aliphatic carbocycles. The summed E-state index contributed by atoms with van der Waals surface area (Å²) >= 11 is 0. The zero-order chi connectivity index (χ0) is 21.5. The van der Waals surface area contributed by atoms with Gasteiger partial charge >= 0.3 is 5.69 Å². The first-order valence-corrected chi connectivity index (χ1v) is 9.11. The summed E-state index contributed by atoms with van der Waals surface area (Å²) in [6.45, 7) is 1.48. The highest BCUT2D eigenvalue weighted by Crippen LogP contribution is 2.27. The van der Waals surface area contributed by atoms with Crippen molar-refractivity contribution in [2.24, 2.45) is 0 Å². The van der Waals surface area contributed by atoms with Crippen LogP contribution in [0.1, 0.15) is 17.3 Å². The Morgan fingerprint density at radius 1 is 0.900 bits per heavy atom. The van der Waals surface area contributed by atoms with Crippen molar-refractivity contribution in [3.63, 3.8) is 0 Å². The first-order valence-electron chi connectivity index (χ1n) is 9.11. The van der Waals surface area contributed by atoms with Crippen molar-refractivity contribution in [3.8, 4) is 5.75 Å². The molecule has 2 N–H and O–H groups in total. The number of nitrogens with one attached hydrogen (secondary N) is 2. The summed E-state index contributed by atoms with van der Waals surface area (Å²) in [4.78, 5) is 35.4. The van der Waals surface area contributed by atoms with Crippen LogP contribution in [0.3, 0.4) is 0 Å². The number of ether oxygens (including phenoxy) is 1. The maximum atomic E-state index is 12.5. The summed E-state index contributed by atoms with van der Waals surface area (Å²) in [5.41, 5.74) is 1.20. The fraction of sp³-hybridized carbons (Fsp3) is 0.0909. The molecule has 0 aliphatic heterocycles. The fourth-order valence-corrected chi connectivity index (χ4v) is 2.66. The van der Waals surface area contributed by atoms with Gasteiger partial charge < -0.3 is 15.4 Å². The molecule has 1 unspecified atom stereocenters. The molecular formula is C22H19N3O5. The molecule has 3 aromatic carbocycles. The van der Waals surface area contributed by atoms with Crippen LogP contribution < -0.4 is 15.4 Å². The quantitative estimate of drug-likeness (QED) is 0.451. The van der Waals surface area contributed by atoms with Gasteiger partial charge in [-0.15, -0.1) is 0 Å². The summed E-state index contributed by atoms with van der Waals surface area (Å²) in [5, 5.41) is 16.5. The van der Waals surface area contributed by atoms with Crippen LogP contribution in [-0.4, -0.2) is 22.8 Å². The highest BCUT2D eigenvalue weighted by Gasteiger charge is 2.21. The fourth-order valence-electron chi connectivity index (χ4n) is 2.66. The Balaban J connectivity index is 1.66. The number of hydrogen-bond acceptors (Lipinski definition) is 5. The number of hydrogen-bond donors (Lipinski definition) is 2. The molecule has 0 saturated carbocycles. The van der Waals surface area contributed by atoms with Gasteiger partial charge in [0.25, 0.3) is 11.8 Å². The lowest BCUT2D eigenvalue weighted by Crippen LogP contribution is -2.30. The lowest BCUT2D eigenvalue weighted by atomic mass is 10.1. The topological polar surface area (TPSA) is 111 Å². The highest BCUT2D eigenvalue weighted by atomic mass is 16.6. The molecule has 3 aromatic rings. The van der Waals surface area contributed by atoms with Crippen LogP contribution in [0.15, 0.2) is 78.9 Å². The Bertz CT molecular complexity index is 1070. The molecule has 0 radical (unpaired) electrons. The molecule has 2 amide bonds. The van der Waals surface area contributed by atoms with Crippen LogP contribution in [0.4, 0.5) is 17.1 Å². The van der Waals surface area contributed by atoms with Gasteiger partial charge in [0.05, 0.1) is 4.92 Å². The van der Waals surface area contributed by atoms with E-state index < -0.39 is 16.9 Å². The van der Waals surface area contributed by atoms with Gasteiger partial charge in [0.1, 0.15) is 0 Å². The Morgan fingerprint density at radius 3 is 2.30 bits per heavy atom. The maximum absolute atomic E-state index is 12.5. The smallest absolute Gasteiger partial charge is 0.310 e. The zero-order valence-electron chi connectivity index (χ0n) is 16.1. The molecule has 8 heteroatoms. The highest BCUT2D eigenvalue weighted by molar-refractivity contribution is 6.05. The number of nitrogens with zero attached hydrogens (tertiary/aromatic N) is 1. The van der Waals surface area contributed by atoms with Crippen molar-refractivity contribution < 1.29 is 19.2 Å². The largest absolute Gasteiger partial charge is 0.474 e. The lowest BCUT2D eigenvalue weighted by Gasteiger charge is -2.15. The average molecular weight is 405 g/mol. The molecule has 0 aromatic heterocycles. The van der Waals surface area contributed by atoms with Gasteiger partial charge in [-0.2, -0.15) is 0 Å². The van der Waals surface area contributed by atoms with Gasteiger partial charge in [0.2, 0.25) is 0 Å². The number of rotatable bonds is 7. The van der Waals surface area contributed by atoms with Crippen LogP contribution in [0.25, 0.3) is 0 Å². The second kappa shape index (κ2) is 9.33. The summed E-state index contributed by atoms with van der Waals surface area (Å²) in [5.74, 6) is -0.823. The number of nitro benzene ring substituents is 1. The van der Waals surface area contributed by atoms with Crippen molar-refractivity contribution in [2.45, 2.75) is 13.0 Å². The molecule has 0 fully saturated rings. The molecular weight excluding hydrogens is 386 g/mol. The van der Waals surface area contributed by atoms with E-state index in [1.165, 1.54) is 31.2 Å². The van der Waals surface area contributed by atoms with Gasteiger partial charge in [-0.25, -0.2) is 0 Å². The number of para-hydroxylation sites is 3. The number of anilines is 2. The average Bonchev–Trinajstić information content (AvgIpc) is 2.75. The number of carbonyl (C=O) groups excluding carboxylic acids is 2. The van der Waals surface area contributed by atoms with Crippen LogP contribution in [0.2, 0.25) is 0 Å². The lowest BCUT2D eigenvalue weighted by molar-refractivity contribution is -0.386. The third-order valence-corrected chi connectivity index (χ3v) is 4.16. The Kier molecular flexibility index (Phi) is 6.39. The van der Waals surface area contributed by atoms with Crippen LogP contribution >= 0.6 is 0 Å². The molecule has 3 rings (SSSR count). The molecule has 0 heterocycles. The third-order valence-electron chi connectivity index (χ3n) is 4.16. The molecule has 0 aliphatic rings. The first kappa shape index (κ1) is 20.5. The molecule has 0 spiro atoms. The van der Waals surface area contributed by atoms with Crippen molar-refractivity contribution in [1.82, 2.24) is 0 Å². The van der Waals surface area contributed by atoms with E-state index in [1.807, 2.05) is 18.2 Å². The monoisotopic (exact) mass is 405 g/mol. The minimum absolute atomic E-state index is 0.00106. The van der Waals surface area contributed by atoms with Gasteiger partial charge in [0.15, 0.2) is 11.9 Å². The minimum Gasteiger partial charge on any atom is -0.474 e. The zero-order valence-corrected chi connectivity index (χ0v) is 16.1. The Hall–Kier alpha value is -4.20. The van der Waals surface area contributed by atoms with Crippen molar-refractivity contribution >= 4 is 28.9 Å². The molecule has 8 nitrogen and oxygen atoms in total. The predicted octanol–water partition coefficient (Wildman–Crippen LogP) is 4.25. The number of nitro groups is 1. The number of carbonyl (C=O) groups is 2. The van der Waals surface area contributed by atoms with E-state index in [1.54, 1.807) is 36.4 Å². The normalized spacial score (nSPS) is 11.2. The van der Waals surface area contributed by atoms with Crippen molar-refractivity contribution in [2.75, 3.05) is 10.6 Å². The van der Waals surface area contributed by atoms with E-state index in [0.29, 0.717) is 16.9 Å². The number of amides is 2. The molecule has 0 bridgehead atoms. The third kappa shape index (κ3) is 5.20. The van der Waals surface area contributed by atoms with Gasteiger partial charge in [-0.05, 0) is 43.3 Å².